The summed E-state index contributed by atoms with van der Waals surface area (Å²) in [4.78, 5) is 29.2. The molecule has 4 rings (SSSR count). The van der Waals surface area contributed by atoms with Gasteiger partial charge in [0.1, 0.15) is 0 Å². The maximum Gasteiger partial charge on any atom is 0.316 e. The van der Waals surface area contributed by atoms with Crippen LogP contribution in [0.5, 0.6) is 0 Å². The average molecular weight is 480 g/mol. The van der Waals surface area contributed by atoms with Gasteiger partial charge in [-0.25, -0.2) is 0 Å². The highest BCUT2D eigenvalue weighted by Crippen LogP contribution is 2.45. The molecule has 1 aliphatic carbocycles. The van der Waals surface area contributed by atoms with Crippen LogP contribution in [0.1, 0.15) is 29.8 Å². The molecule has 0 radical (unpaired) electrons. The third-order valence-corrected chi connectivity index (χ3v) is 7.13. The molecule has 0 spiro atoms. The van der Waals surface area contributed by atoms with Gasteiger partial charge >= 0.3 is 6.43 Å². The second-order valence-corrected chi connectivity index (χ2v) is 8.59. The molecular weight excluding hydrogens is 456 g/mol. The first-order valence-corrected chi connectivity index (χ1v) is 10.9. The van der Waals surface area contributed by atoms with Crippen LogP contribution >= 0.6 is 15.9 Å². The van der Waals surface area contributed by atoms with Crippen molar-refractivity contribution in [3.05, 3.63) is 40.0 Å². The Balaban J connectivity index is 1.88. The molecule has 160 valence electrons. The number of rotatable bonds is 4. The number of halogens is 3. The molecule has 1 amide bonds. The number of fused-ring (bicyclic) bond motifs is 2. The summed E-state index contributed by atoms with van der Waals surface area (Å²) in [6.45, 7) is 5.86. The Morgan fingerprint density at radius 1 is 1.27 bits per heavy atom. The minimum Gasteiger partial charge on any atom is -0.343 e. The van der Waals surface area contributed by atoms with Crippen molar-refractivity contribution >= 4 is 44.2 Å². The maximum atomic E-state index is 13.2. The van der Waals surface area contributed by atoms with E-state index in [0.29, 0.717) is 36.2 Å². The molecule has 1 aromatic carbocycles. The smallest absolute Gasteiger partial charge is 0.316 e. The first-order valence-electron chi connectivity index (χ1n) is 10.1. The molecule has 0 saturated heterocycles. The van der Waals surface area contributed by atoms with Crippen molar-refractivity contribution in [1.82, 2.24) is 14.4 Å². The number of carbonyl (C=O) groups excluding carboxylic acids is 2. The van der Waals surface area contributed by atoms with E-state index in [1.807, 2.05) is 37.9 Å². The van der Waals surface area contributed by atoms with Crippen LogP contribution in [-0.4, -0.2) is 65.3 Å². The molecule has 0 bridgehead atoms. The first-order chi connectivity index (χ1) is 14.3. The van der Waals surface area contributed by atoms with E-state index in [2.05, 4.69) is 20.8 Å². The summed E-state index contributed by atoms with van der Waals surface area (Å²) in [5, 5.41) is 0.810. The summed E-state index contributed by atoms with van der Waals surface area (Å²) >= 11 is 3.41. The summed E-state index contributed by atoms with van der Waals surface area (Å²) < 4.78 is 27.9. The Morgan fingerprint density at radius 3 is 2.60 bits per heavy atom. The number of hydrogen-bond acceptors (Lipinski definition) is 3. The Morgan fingerprint density at radius 2 is 1.97 bits per heavy atom. The third-order valence-electron chi connectivity index (χ3n) is 6.29. The number of benzene rings is 1. The number of carbonyl (C=O) groups is 2. The van der Waals surface area contributed by atoms with Gasteiger partial charge in [0.2, 0.25) is 5.91 Å². The summed E-state index contributed by atoms with van der Waals surface area (Å²) in [7, 11) is 1.99. The Labute approximate surface area is 182 Å². The van der Waals surface area contributed by atoms with Crippen molar-refractivity contribution in [3.8, 4) is 0 Å². The number of nitrogens with zero attached hydrogens (tertiary/aromatic N) is 3. The number of alkyl halides is 2. The van der Waals surface area contributed by atoms with Crippen molar-refractivity contribution in [2.45, 2.75) is 32.7 Å². The fourth-order valence-electron chi connectivity index (χ4n) is 4.83. The van der Waals surface area contributed by atoms with Gasteiger partial charge in [0.15, 0.2) is 0 Å². The average Bonchev–Trinajstić information content (AvgIpc) is 3.01. The van der Waals surface area contributed by atoms with Crippen molar-refractivity contribution in [2.75, 3.05) is 26.7 Å². The van der Waals surface area contributed by atoms with Crippen LogP contribution < -0.4 is 0 Å². The second-order valence-electron chi connectivity index (χ2n) is 7.84. The largest absolute Gasteiger partial charge is 0.343 e. The summed E-state index contributed by atoms with van der Waals surface area (Å²) in [5.41, 5.74) is 3.27. The molecule has 0 saturated carbocycles. The molecule has 0 N–H and O–H groups in total. The van der Waals surface area contributed by atoms with Gasteiger partial charge in [-0.3, -0.25) is 19.1 Å². The van der Waals surface area contributed by atoms with E-state index in [0.717, 1.165) is 26.7 Å². The van der Waals surface area contributed by atoms with Gasteiger partial charge in [-0.2, -0.15) is 8.78 Å². The molecular formula is C22H24BrF2N3O2. The third kappa shape index (κ3) is 3.12. The quantitative estimate of drug-likeness (QED) is 0.664. The SMILES string of the molecule is CCN(CC)C(=O)C1C=C2c3cccc4c3c(c(Br)n4C(=O)C(F)F)CC2N(C)C1. The Hall–Kier alpha value is -2.06. The number of hydrogen-bond donors (Lipinski definition) is 0. The fraction of sp³-hybridized carbons (Fsp3) is 0.455. The van der Waals surface area contributed by atoms with E-state index in [9.17, 15) is 18.4 Å². The number of likely N-dealkylation sites (N-methyl/N-ethyl adjacent to an activating group) is 1. The molecule has 30 heavy (non-hydrogen) atoms. The Kier molecular flexibility index (Phi) is 5.57. The van der Waals surface area contributed by atoms with E-state index >= 15 is 0 Å². The molecule has 1 aliphatic heterocycles. The molecule has 2 aromatic rings. The predicted octanol–water partition coefficient (Wildman–Crippen LogP) is 4.05. The van der Waals surface area contributed by atoms with Crippen LogP contribution in [-0.2, 0) is 11.2 Å². The predicted molar refractivity (Wildman–Crippen MR) is 116 cm³/mol. The van der Waals surface area contributed by atoms with Gasteiger partial charge in [0, 0.05) is 31.1 Å². The van der Waals surface area contributed by atoms with Crippen molar-refractivity contribution in [1.29, 1.82) is 0 Å². The van der Waals surface area contributed by atoms with Crippen LogP contribution in [0.4, 0.5) is 8.78 Å². The van der Waals surface area contributed by atoms with Crippen LogP contribution in [0.25, 0.3) is 16.5 Å². The molecule has 0 fully saturated rings. The van der Waals surface area contributed by atoms with Crippen molar-refractivity contribution in [2.24, 2.45) is 5.92 Å². The highest BCUT2D eigenvalue weighted by Gasteiger charge is 2.39. The zero-order chi connectivity index (χ0) is 21.7. The molecule has 5 nitrogen and oxygen atoms in total. The lowest BCUT2D eigenvalue weighted by atomic mass is 9.79. The van der Waals surface area contributed by atoms with Crippen molar-refractivity contribution < 1.29 is 18.4 Å². The van der Waals surface area contributed by atoms with Gasteiger partial charge in [-0.1, -0.05) is 18.2 Å². The van der Waals surface area contributed by atoms with Crippen LogP contribution in [0.2, 0.25) is 0 Å². The molecule has 2 aliphatic rings. The minimum atomic E-state index is -3.09. The molecule has 8 heteroatoms. The highest BCUT2D eigenvalue weighted by atomic mass is 79.9. The standard InChI is InChI=1S/C22H24BrF2N3O2/c1-4-27(5-2)21(29)12-9-14-13-7-6-8-16-18(13)15(10-17(14)26(3)11-12)19(23)28(16)22(30)20(24)25/h6-9,12,17,20H,4-5,10-11H2,1-3H3. The molecule has 1 aromatic heterocycles. The first kappa shape index (κ1) is 21.2. The second kappa shape index (κ2) is 7.89. The Bertz CT molecular complexity index is 1060. The highest BCUT2D eigenvalue weighted by molar-refractivity contribution is 9.10. The number of amides is 1. The topological polar surface area (TPSA) is 45.6 Å². The van der Waals surface area contributed by atoms with Crippen LogP contribution in [0.15, 0.2) is 28.9 Å². The number of aromatic nitrogens is 1. The lowest BCUT2D eigenvalue weighted by molar-refractivity contribution is -0.134. The van der Waals surface area contributed by atoms with E-state index in [-0.39, 0.29) is 17.9 Å². The lowest BCUT2D eigenvalue weighted by Crippen LogP contribution is -2.47. The normalized spacial score (nSPS) is 21.0. The van der Waals surface area contributed by atoms with Gasteiger partial charge in [0.05, 0.1) is 16.0 Å². The maximum absolute atomic E-state index is 13.2. The van der Waals surface area contributed by atoms with Gasteiger partial charge in [-0.15, -0.1) is 0 Å². The van der Waals surface area contributed by atoms with Crippen LogP contribution in [0, 0.1) is 5.92 Å². The monoisotopic (exact) mass is 479 g/mol. The molecule has 2 atom stereocenters. The van der Waals surface area contributed by atoms with Gasteiger partial charge in [-0.05, 0) is 66.0 Å². The van der Waals surface area contributed by atoms with Crippen LogP contribution in [0.3, 0.4) is 0 Å². The van der Waals surface area contributed by atoms with E-state index in [4.69, 9.17) is 0 Å². The minimum absolute atomic E-state index is 0.0256. The zero-order valence-corrected chi connectivity index (χ0v) is 18.7. The van der Waals surface area contributed by atoms with Gasteiger partial charge in [0.25, 0.3) is 5.91 Å². The molecule has 2 unspecified atom stereocenters. The lowest BCUT2D eigenvalue weighted by Gasteiger charge is -2.40. The molecule has 2 heterocycles. The van der Waals surface area contributed by atoms with E-state index < -0.39 is 12.3 Å². The summed E-state index contributed by atoms with van der Waals surface area (Å²) in [6, 6.07) is 5.45. The van der Waals surface area contributed by atoms with E-state index in [1.165, 1.54) is 0 Å². The van der Waals surface area contributed by atoms with Crippen molar-refractivity contribution in [3.63, 3.8) is 0 Å². The van der Waals surface area contributed by atoms with Gasteiger partial charge < -0.3 is 4.90 Å². The summed E-state index contributed by atoms with van der Waals surface area (Å²) in [5.74, 6) is -1.40. The van der Waals surface area contributed by atoms with E-state index in [1.54, 1.807) is 12.1 Å². The summed E-state index contributed by atoms with van der Waals surface area (Å²) in [6.07, 6.45) is -0.454. The zero-order valence-electron chi connectivity index (χ0n) is 17.2. The fourth-order valence-corrected chi connectivity index (χ4v) is 5.56.